The zero-order valence-electron chi connectivity index (χ0n) is 18.8. The molecule has 7 unspecified atom stereocenters. The molecular weight excluding hydrogens is 461 g/mol. The molecule has 1 heterocycles. The van der Waals surface area contributed by atoms with E-state index in [1.54, 1.807) is 5.56 Å². The minimum absolute atomic E-state index is 0. The van der Waals surface area contributed by atoms with E-state index in [0.717, 1.165) is 41.4 Å². The summed E-state index contributed by atoms with van der Waals surface area (Å²) in [7, 11) is 9.65. The molecule has 3 aliphatic rings. The number of pyridine rings is 1. The molecule has 0 spiro atoms. The molecule has 0 aliphatic heterocycles. The second-order valence-corrected chi connectivity index (χ2v) is 11.8. The Kier molecular flexibility index (Phi) is 9.79. The Morgan fingerprint density at radius 2 is 1.45 bits per heavy atom. The van der Waals surface area contributed by atoms with E-state index in [0.29, 0.717) is 0 Å². The molecule has 0 radical (unpaired) electrons. The van der Waals surface area contributed by atoms with Crippen molar-refractivity contribution >= 4 is 20.1 Å². The summed E-state index contributed by atoms with van der Waals surface area (Å²) in [6, 6.07) is 17.7. The van der Waals surface area contributed by atoms with Gasteiger partial charge in [0.1, 0.15) is 0 Å². The van der Waals surface area contributed by atoms with Gasteiger partial charge in [-0.3, -0.25) is 4.98 Å². The number of fused-ring (bicyclic) bond motifs is 2. The molecule has 0 N–H and O–H groups in total. The van der Waals surface area contributed by atoms with Gasteiger partial charge in [0.25, 0.3) is 0 Å². The van der Waals surface area contributed by atoms with Gasteiger partial charge >= 0.3 is 33.5 Å². The van der Waals surface area contributed by atoms with Crippen LogP contribution in [-0.2, 0) is 26.2 Å². The minimum atomic E-state index is -0.181. The molecule has 0 amide bonds. The van der Waals surface area contributed by atoms with Crippen LogP contribution in [0.4, 0.5) is 0 Å². The molecule has 7 atom stereocenters. The maximum atomic E-state index is 4.83. The first-order valence-electron chi connectivity index (χ1n) is 11.5. The van der Waals surface area contributed by atoms with Gasteiger partial charge in [-0.15, -0.1) is 0 Å². The van der Waals surface area contributed by atoms with Gasteiger partial charge in [-0.1, -0.05) is 62.6 Å². The van der Waals surface area contributed by atoms with Crippen molar-refractivity contribution in [2.24, 2.45) is 41.4 Å². The van der Waals surface area contributed by atoms with E-state index in [1.807, 2.05) is 12.3 Å². The fraction of sp³-hybridized carbons (Fsp3) is 0.556. The summed E-state index contributed by atoms with van der Waals surface area (Å²) in [5, 5.41) is 0. The molecule has 3 saturated carbocycles. The standard InChI is InChI=1S/C26H33N.CH3.2ClH.Cr/c1-18-23(14-19-8-3-2-4-9-19)25-15-20-10-7-11-21(20)16-26(25)24(18)17-22-12-5-6-13-27-22;;;;/h2-6,8-9,12-13,18,20-21,23-26H,7,10-11,14-17H2,1H3;1H3;2*1H;/q;-1;;;+2/p-2. The van der Waals surface area contributed by atoms with Crippen molar-refractivity contribution < 1.29 is 13.4 Å². The van der Waals surface area contributed by atoms with Crippen molar-refractivity contribution in [2.45, 2.75) is 51.9 Å². The number of halogens is 2. The van der Waals surface area contributed by atoms with E-state index in [2.05, 4.69) is 54.4 Å². The van der Waals surface area contributed by atoms with Gasteiger partial charge in [-0.05, 0) is 84.8 Å². The van der Waals surface area contributed by atoms with Crippen LogP contribution in [0, 0.1) is 48.9 Å². The maximum absolute atomic E-state index is 4.83. The van der Waals surface area contributed by atoms with Gasteiger partial charge in [0.2, 0.25) is 0 Å². The second kappa shape index (κ2) is 12.1. The SMILES string of the molecule is CC1C(Cc2ccccc2)C2CC3CCCC3CC2C1Cc1ccccn1.[CH3-].[Cl][Cr][Cl]. The van der Waals surface area contributed by atoms with Crippen molar-refractivity contribution in [1.82, 2.24) is 4.98 Å². The third-order valence-electron chi connectivity index (χ3n) is 8.45. The van der Waals surface area contributed by atoms with Crippen LogP contribution in [0.25, 0.3) is 0 Å². The fourth-order valence-electron chi connectivity index (χ4n) is 7.19. The summed E-state index contributed by atoms with van der Waals surface area (Å²) in [5.41, 5.74) is 2.85. The van der Waals surface area contributed by atoms with Gasteiger partial charge in [0.05, 0.1) is 0 Å². The van der Waals surface area contributed by atoms with Crippen LogP contribution >= 0.6 is 20.1 Å². The normalized spacial score (nSPS) is 33.5. The van der Waals surface area contributed by atoms with Crippen LogP contribution < -0.4 is 0 Å². The van der Waals surface area contributed by atoms with E-state index in [9.17, 15) is 0 Å². The van der Waals surface area contributed by atoms with E-state index in [-0.39, 0.29) is 20.8 Å². The average molecular weight is 497 g/mol. The van der Waals surface area contributed by atoms with Crippen molar-refractivity contribution in [3.63, 3.8) is 0 Å². The van der Waals surface area contributed by atoms with Crippen molar-refractivity contribution in [1.29, 1.82) is 0 Å². The van der Waals surface area contributed by atoms with E-state index in [4.69, 9.17) is 20.1 Å². The summed E-state index contributed by atoms with van der Waals surface area (Å²) < 4.78 is 0. The molecule has 0 saturated heterocycles. The Labute approximate surface area is 204 Å². The van der Waals surface area contributed by atoms with Crippen molar-refractivity contribution in [3.8, 4) is 0 Å². The van der Waals surface area contributed by atoms with Crippen LogP contribution in [0.1, 0.15) is 50.3 Å². The third-order valence-corrected chi connectivity index (χ3v) is 8.45. The van der Waals surface area contributed by atoms with E-state index < -0.39 is 0 Å². The van der Waals surface area contributed by atoms with Crippen LogP contribution in [0.5, 0.6) is 0 Å². The number of nitrogens with zero attached hydrogens (tertiary/aromatic N) is 1. The molecular formula is C27H36Cl2CrN-. The summed E-state index contributed by atoms with van der Waals surface area (Å²) in [4.78, 5) is 4.69. The van der Waals surface area contributed by atoms with E-state index >= 15 is 0 Å². The molecule has 2 aromatic rings. The fourth-order valence-corrected chi connectivity index (χ4v) is 7.19. The first kappa shape index (κ1) is 25.1. The number of hydrogen-bond donors (Lipinski definition) is 0. The predicted octanol–water partition coefficient (Wildman–Crippen LogP) is 8.02. The van der Waals surface area contributed by atoms with Crippen molar-refractivity contribution in [3.05, 3.63) is 73.4 Å². The number of rotatable bonds is 4. The first-order chi connectivity index (χ1) is 14.7. The van der Waals surface area contributed by atoms with Crippen LogP contribution in [-0.4, -0.2) is 4.98 Å². The predicted molar refractivity (Wildman–Crippen MR) is 129 cm³/mol. The second-order valence-electron chi connectivity index (χ2n) is 9.71. The Balaban J connectivity index is 0.000000645. The van der Waals surface area contributed by atoms with Gasteiger partial charge < -0.3 is 7.43 Å². The molecule has 3 fully saturated rings. The van der Waals surface area contributed by atoms with Gasteiger partial charge in [-0.2, -0.15) is 0 Å². The molecule has 1 nitrogen and oxygen atoms in total. The molecule has 0 bridgehead atoms. The quantitative estimate of drug-likeness (QED) is 0.390. The molecule has 5 rings (SSSR count). The van der Waals surface area contributed by atoms with Crippen LogP contribution in [0.15, 0.2) is 54.7 Å². The third kappa shape index (κ3) is 5.89. The van der Waals surface area contributed by atoms with E-state index in [1.165, 1.54) is 50.6 Å². The molecule has 1 aromatic heterocycles. The van der Waals surface area contributed by atoms with Crippen molar-refractivity contribution in [2.75, 3.05) is 0 Å². The molecule has 1 aromatic carbocycles. The molecule has 170 valence electrons. The first-order valence-corrected chi connectivity index (χ1v) is 15.0. The van der Waals surface area contributed by atoms with Gasteiger partial charge in [-0.25, -0.2) is 0 Å². The summed E-state index contributed by atoms with van der Waals surface area (Å²) in [6.07, 6.45) is 11.9. The Morgan fingerprint density at radius 1 is 0.871 bits per heavy atom. The molecule has 31 heavy (non-hydrogen) atoms. The Morgan fingerprint density at radius 3 is 2.03 bits per heavy atom. The van der Waals surface area contributed by atoms with Crippen LogP contribution in [0.3, 0.4) is 0 Å². The average Bonchev–Trinajstić information content (AvgIpc) is 3.32. The zero-order valence-corrected chi connectivity index (χ0v) is 21.6. The van der Waals surface area contributed by atoms with Gasteiger partial charge in [0.15, 0.2) is 0 Å². The summed E-state index contributed by atoms with van der Waals surface area (Å²) in [6.45, 7) is 2.56. The zero-order chi connectivity index (χ0) is 20.9. The summed E-state index contributed by atoms with van der Waals surface area (Å²) in [5.74, 6) is 6.41. The summed E-state index contributed by atoms with van der Waals surface area (Å²) >= 11 is -0.181. The molecule has 4 heteroatoms. The molecule has 3 aliphatic carbocycles. The number of benzene rings is 1. The number of aromatic nitrogens is 1. The Hall–Kier alpha value is -0.518. The van der Waals surface area contributed by atoms with Crippen LogP contribution in [0.2, 0.25) is 0 Å². The number of hydrogen-bond acceptors (Lipinski definition) is 1. The topological polar surface area (TPSA) is 12.9 Å². The Bertz CT molecular complexity index is 708. The van der Waals surface area contributed by atoms with Gasteiger partial charge in [0, 0.05) is 11.9 Å². The monoisotopic (exact) mass is 496 g/mol.